The summed E-state index contributed by atoms with van der Waals surface area (Å²) in [5.74, 6) is 5.75. The molecule has 0 aromatic heterocycles. The van der Waals surface area contributed by atoms with Gasteiger partial charge in [-0.15, -0.1) is 0 Å². The van der Waals surface area contributed by atoms with Crippen molar-refractivity contribution in [1.82, 2.24) is 0 Å². The molecular weight excluding hydrogens is 380 g/mol. The van der Waals surface area contributed by atoms with Crippen molar-refractivity contribution < 1.29 is 10.2 Å². The third-order valence-corrected chi connectivity index (χ3v) is 11.9. The molecular formula is C29H52O2. The number of aliphatic hydroxyl groups is 2. The third-order valence-electron chi connectivity index (χ3n) is 11.9. The van der Waals surface area contributed by atoms with Crippen LogP contribution in [0.3, 0.4) is 0 Å². The minimum absolute atomic E-state index is 0.134. The molecule has 31 heavy (non-hydrogen) atoms. The molecule has 4 aliphatic rings. The summed E-state index contributed by atoms with van der Waals surface area (Å²) in [7, 11) is 0. The van der Waals surface area contributed by atoms with Crippen molar-refractivity contribution in [3.8, 4) is 0 Å². The minimum Gasteiger partial charge on any atom is -0.393 e. The summed E-state index contributed by atoms with van der Waals surface area (Å²) in [6.45, 7) is 14.9. The van der Waals surface area contributed by atoms with Gasteiger partial charge >= 0.3 is 0 Å². The van der Waals surface area contributed by atoms with Crippen LogP contribution in [0.2, 0.25) is 0 Å². The van der Waals surface area contributed by atoms with Crippen molar-refractivity contribution in [2.24, 2.45) is 58.2 Å². The van der Waals surface area contributed by atoms with Crippen LogP contribution < -0.4 is 0 Å². The van der Waals surface area contributed by atoms with Crippen LogP contribution in [-0.2, 0) is 0 Å². The highest BCUT2D eigenvalue weighted by Gasteiger charge is 2.62. The van der Waals surface area contributed by atoms with E-state index in [0.29, 0.717) is 34.5 Å². The second kappa shape index (κ2) is 8.94. The van der Waals surface area contributed by atoms with E-state index in [1.807, 2.05) is 0 Å². The average molecular weight is 433 g/mol. The van der Waals surface area contributed by atoms with Gasteiger partial charge < -0.3 is 10.2 Å². The van der Waals surface area contributed by atoms with Gasteiger partial charge in [-0.3, -0.25) is 0 Å². The zero-order valence-corrected chi connectivity index (χ0v) is 21.4. The number of rotatable bonds is 6. The maximum absolute atomic E-state index is 11.4. The Labute approximate surface area is 193 Å². The Morgan fingerprint density at radius 2 is 1.52 bits per heavy atom. The minimum atomic E-state index is -0.141. The second-order valence-corrected chi connectivity index (χ2v) is 13.4. The van der Waals surface area contributed by atoms with Crippen LogP contribution in [0.15, 0.2) is 0 Å². The molecule has 0 saturated heterocycles. The zero-order chi connectivity index (χ0) is 22.6. The van der Waals surface area contributed by atoms with E-state index in [9.17, 15) is 10.2 Å². The number of hydrogen-bond acceptors (Lipinski definition) is 2. The van der Waals surface area contributed by atoms with E-state index in [1.165, 1.54) is 51.4 Å². The highest BCUT2D eigenvalue weighted by molar-refractivity contribution is 5.11. The maximum Gasteiger partial charge on any atom is 0.0577 e. The first-order valence-electron chi connectivity index (χ1n) is 14.0. The van der Waals surface area contributed by atoms with Gasteiger partial charge in [-0.1, -0.05) is 54.4 Å². The van der Waals surface area contributed by atoms with Crippen molar-refractivity contribution in [2.45, 2.75) is 124 Å². The van der Waals surface area contributed by atoms with E-state index in [-0.39, 0.29) is 12.2 Å². The van der Waals surface area contributed by atoms with Gasteiger partial charge in [-0.25, -0.2) is 0 Å². The molecule has 2 N–H and O–H groups in total. The molecule has 4 saturated carbocycles. The molecule has 2 heteroatoms. The Balaban J connectivity index is 1.49. The average Bonchev–Trinajstić information content (AvgIpc) is 3.06. The highest BCUT2D eigenvalue weighted by Crippen LogP contribution is 2.68. The Kier molecular flexibility index (Phi) is 6.93. The number of aliphatic hydroxyl groups excluding tert-OH is 2. The monoisotopic (exact) mass is 432 g/mol. The first-order chi connectivity index (χ1) is 14.6. The van der Waals surface area contributed by atoms with Crippen molar-refractivity contribution in [3.05, 3.63) is 0 Å². The fourth-order valence-electron chi connectivity index (χ4n) is 9.86. The van der Waals surface area contributed by atoms with Crippen LogP contribution in [0, 0.1) is 58.2 Å². The molecule has 4 rings (SSSR count). The van der Waals surface area contributed by atoms with Crippen LogP contribution in [0.25, 0.3) is 0 Å². The Morgan fingerprint density at radius 1 is 0.839 bits per heavy atom. The van der Waals surface area contributed by atoms with E-state index in [0.717, 1.165) is 42.9 Å². The molecule has 11 atom stereocenters. The molecule has 9 unspecified atom stereocenters. The fraction of sp³-hybridized carbons (Fsp3) is 1.00. The van der Waals surface area contributed by atoms with Gasteiger partial charge in [-0.2, -0.15) is 0 Å². The molecule has 0 bridgehead atoms. The third kappa shape index (κ3) is 4.05. The first-order valence-corrected chi connectivity index (χ1v) is 14.0. The van der Waals surface area contributed by atoms with Crippen LogP contribution in [0.4, 0.5) is 0 Å². The molecule has 0 amide bonds. The Hall–Kier alpha value is -0.0800. The molecule has 180 valence electrons. The second-order valence-electron chi connectivity index (χ2n) is 13.4. The van der Waals surface area contributed by atoms with Crippen LogP contribution in [-0.4, -0.2) is 22.4 Å². The summed E-state index contributed by atoms with van der Waals surface area (Å²) in [5.41, 5.74) is 0.776. The van der Waals surface area contributed by atoms with Gasteiger partial charge in [0.15, 0.2) is 0 Å². The lowest BCUT2D eigenvalue weighted by atomic mass is 9.43. The smallest absolute Gasteiger partial charge is 0.0577 e. The zero-order valence-electron chi connectivity index (χ0n) is 21.4. The quantitative estimate of drug-likeness (QED) is 0.471. The summed E-state index contributed by atoms with van der Waals surface area (Å²) in [5, 5.41) is 21.7. The van der Waals surface area contributed by atoms with E-state index in [1.54, 1.807) is 0 Å². The Morgan fingerprint density at radius 3 is 2.19 bits per heavy atom. The first kappa shape index (κ1) is 24.1. The molecule has 4 aliphatic carbocycles. The standard InChI is InChI=1S/C29H52O2/c1-7-20(18(2)3)9-8-19(4)23-10-11-24-27-25(13-15-29(23,24)6)28(5)14-12-22(30)16-21(28)17-26(27)31/h18-27,30-31H,7-17H2,1-6H3/t19-,20?,21?,22-,23?,24?,25?,26?,27?,28?,29?/m1/s1. The van der Waals surface area contributed by atoms with E-state index >= 15 is 0 Å². The molecule has 0 aliphatic heterocycles. The summed E-state index contributed by atoms with van der Waals surface area (Å²) in [4.78, 5) is 0. The maximum atomic E-state index is 11.4. The van der Waals surface area contributed by atoms with Gasteiger partial charge in [0.2, 0.25) is 0 Å². The predicted molar refractivity (Wildman–Crippen MR) is 130 cm³/mol. The number of fused-ring (bicyclic) bond motifs is 5. The highest BCUT2D eigenvalue weighted by atomic mass is 16.3. The van der Waals surface area contributed by atoms with Crippen molar-refractivity contribution in [2.75, 3.05) is 0 Å². The van der Waals surface area contributed by atoms with Crippen LogP contribution >= 0.6 is 0 Å². The van der Waals surface area contributed by atoms with Crippen molar-refractivity contribution in [1.29, 1.82) is 0 Å². The van der Waals surface area contributed by atoms with E-state index < -0.39 is 0 Å². The summed E-state index contributed by atoms with van der Waals surface area (Å²) in [6, 6.07) is 0. The van der Waals surface area contributed by atoms with Gasteiger partial charge in [0.25, 0.3) is 0 Å². The largest absolute Gasteiger partial charge is 0.393 e. The van der Waals surface area contributed by atoms with Gasteiger partial charge in [0.05, 0.1) is 12.2 Å². The van der Waals surface area contributed by atoms with E-state index in [4.69, 9.17) is 0 Å². The lowest BCUT2D eigenvalue weighted by Gasteiger charge is -2.62. The molecule has 0 spiro atoms. The summed E-state index contributed by atoms with van der Waals surface area (Å²) < 4.78 is 0. The lowest BCUT2D eigenvalue weighted by molar-refractivity contribution is -0.174. The summed E-state index contributed by atoms with van der Waals surface area (Å²) in [6.07, 6.45) is 13.2. The molecule has 0 heterocycles. The number of hydrogen-bond donors (Lipinski definition) is 2. The molecule has 2 nitrogen and oxygen atoms in total. The van der Waals surface area contributed by atoms with Gasteiger partial charge in [0, 0.05) is 0 Å². The summed E-state index contributed by atoms with van der Waals surface area (Å²) >= 11 is 0. The fourth-order valence-corrected chi connectivity index (χ4v) is 9.86. The van der Waals surface area contributed by atoms with E-state index in [2.05, 4.69) is 41.5 Å². The normalized spacial score (nSPS) is 49.3. The molecule has 4 fully saturated rings. The Bertz CT molecular complexity index is 616. The molecule has 0 radical (unpaired) electrons. The lowest BCUT2D eigenvalue weighted by Crippen LogP contribution is -2.58. The van der Waals surface area contributed by atoms with Crippen LogP contribution in [0.1, 0.15) is 112 Å². The van der Waals surface area contributed by atoms with Gasteiger partial charge in [0.1, 0.15) is 0 Å². The topological polar surface area (TPSA) is 40.5 Å². The van der Waals surface area contributed by atoms with Crippen molar-refractivity contribution in [3.63, 3.8) is 0 Å². The van der Waals surface area contributed by atoms with Crippen LogP contribution in [0.5, 0.6) is 0 Å². The predicted octanol–water partition coefficient (Wildman–Crippen LogP) is 7.08. The SMILES string of the molecule is CCC(CC[C@@H](C)C1CCC2C3C(O)CC4C[C@H](O)CCC4(C)C3CCC21C)C(C)C. The van der Waals surface area contributed by atoms with Crippen molar-refractivity contribution >= 4 is 0 Å². The molecule has 0 aromatic carbocycles. The molecule has 0 aromatic rings. The van der Waals surface area contributed by atoms with Gasteiger partial charge in [-0.05, 0) is 116 Å².